The molecule has 1 saturated heterocycles. The predicted molar refractivity (Wildman–Crippen MR) is 72.9 cm³/mol. The van der Waals surface area contributed by atoms with Crippen molar-refractivity contribution in [3.8, 4) is 0 Å². The first kappa shape index (κ1) is 14.1. The number of thioether (sulfide) groups is 1. The van der Waals surface area contributed by atoms with E-state index in [4.69, 9.17) is 0 Å². The van der Waals surface area contributed by atoms with Gasteiger partial charge >= 0.3 is 0 Å². The third-order valence-electron chi connectivity index (χ3n) is 3.15. The lowest BCUT2D eigenvalue weighted by Gasteiger charge is -2.14. The molecule has 1 aliphatic heterocycles. The van der Waals surface area contributed by atoms with E-state index in [2.05, 4.69) is 0 Å². The minimum absolute atomic E-state index is 0.0533. The highest BCUT2D eigenvalue weighted by Crippen LogP contribution is 2.23. The summed E-state index contributed by atoms with van der Waals surface area (Å²) in [5, 5.41) is 0. The molecule has 0 atom stereocenters. The fourth-order valence-electron chi connectivity index (χ4n) is 2.03. The second kappa shape index (κ2) is 6.19. The Morgan fingerprint density at radius 1 is 1.32 bits per heavy atom. The summed E-state index contributed by atoms with van der Waals surface area (Å²) < 4.78 is 13.7. The molecule has 1 aromatic rings. The third-order valence-corrected chi connectivity index (χ3v) is 4.18. The van der Waals surface area contributed by atoms with E-state index in [1.54, 1.807) is 12.1 Å². The normalized spacial score (nSPS) is 14.7. The number of ketones is 1. The smallest absolute Gasteiger partial charge is 0.232 e. The highest BCUT2D eigenvalue weighted by molar-refractivity contribution is 8.00. The summed E-state index contributed by atoms with van der Waals surface area (Å²) in [6, 6.07) is 4.38. The molecule has 19 heavy (non-hydrogen) atoms. The number of Topliss-reactive ketones (excluding diaryl/α,β-unsaturated/α-hetero) is 1. The molecule has 0 saturated carbocycles. The number of rotatable bonds is 4. The lowest BCUT2D eigenvalue weighted by atomic mass is 10.1. The first-order valence-corrected chi connectivity index (χ1v) is 7.27. The molecule has 0 spiro atoms. The van der Waals surface area contributed by atoms with Gasteiger partial charge in [0.1, 0.15) is 5.82 Å². The minimum Gasteiger partial charge on any atom is -0.342 e. The molecule has 102 valence electrons. The molecular weight excluding hydrogens is 265 g/mol. The average Bonchev–Trinajstić information content (AvgIpc) is 2.90. The van der Waals surface area contributed by atoms with Gasteiger partial charge in [-0.2, -0.15) is 0 Å². The van der Waals surface area contributed by atoms with Crippen LogP contribution >= 0.6 is 11.8 Å². The van der Waals surface area contributed by atoms with Crippen molar-refractivity contribution >= 4 is 23.5 Å². The van der Waals surface area contributed by atoms with Crippen LogP contribution in [0.3, 0.4) is 0 Å². The summed E-state index contributed by atoms with van der Waals surface area (Å²) in [6.45, 7) is 3.02. The summed E-state index contributed by atoms with van der Waals surface area (Å²) in [5.74, 6) is -0.302. The van der Waals surface area contributed by atoms with Crippen LogP contribution in [0.2, 0.25) is 0 Å². The van der Waals surface area contributed by atoms with Gasteiger partial charge in [-0.05, 0) is 31.9 Å². The van der Waals surface area contributed by atoms with E-state index >= 15 is 0 Å². The fourth-order valence-corrected chi connectivity index (χ4v) is 2.86. The van der Waals surface area contributed by atoms with Gasteiger partial charge in [0.25, 0.3) is 0 Å². The van der Waals surface area contributed by atoms with Crippen molar-refractivity contribution in [2.45, 2.75) is 24.7 Å². The molecule has 0 bridgehead atoms. The van der Waals surface area contributed by atoms with Gasteiger partial charge in [0.15, 0.2) is 5.78 Å². The molecule has 1 aromatic carbocycles. The molecule has 0 radical (unpaired) electrons. The molecule has 3 nitrogen and oxygen atoms in total. The van der Waals surface area contributed by atoms with Crippen LogP contribution in [0.1, 0.15) is 30.1 Å². The molecule has 1 aliphatic rings. The van der Waals surface area contributed by atoms with Crippen LogP contribution in [-0.4, -0.2) is 35.4 Å². The summed E-state index contributed by atoms with van der Waals surface area (Å²) in [6.07, 6.45) is 2.11. The van der Waals surface area contributed by atoms with Crippen LogP contribution in [-0.2, 0) is 4.79 Å². The topological polar surface area (TPSA) is 37.4 Å². The summed E-state index contributed by atoms with van der Waals surface area (Å²) >= 11 is 1.18. The van der Waals surface area contributed by atoms with Crippen LogP contribution in [0.15, 0.2) is 23.1 Å². The maximum absolute atomic E-state index is 13.7. The quantitative estimate of drug-likeness (QED) is 0.629. The Hall–Kier alpha value is -1.36. The number of nitrogens with zero attached hydrogens (tertiary/aromatic N) is 1. The lowest BCUT2D eigenvalue weighted by Crippen LogP contribution is -2.29. The Morgan fingerprint density at radius 3 is 2.58 bits per heavy atom. The van der Waals surface area contributed by atoms with Gasteiger partial charge in [0.2, 0.25) is 5.91 Å². The Morgan fingerprint density at radius 2 is 2.00 bits per heavy atom. The molecule has 1 fully saturated rings. The molecule has 0 aromatic heterocycles. The van der Waals surface area contributed by atoms with E-state index in [0.29, 0.717) is 10.5 Å². The second-order valence-electron chi connectivity index (χ2n) is 4.58. The van der Waals surface area contributed by atoms with Crippen LogP contribution < -0.4 is 0 Å². The number of amides is 1. The maximum atomic E-state index is 13.7. The largest absolute Gasteiger partial charge is 0.342 e. The number of benzene rings is 1. The van der Waals surface area contributed by atoms with Gasteiger partial charge in [-0.25, -0.2) is 4.39 Å². The van der Waals surface area contributed by atoms with Gasteiger partial charge in [0, 0.05) is 23.5 Å². The van der Waals surface area contributed by atoms with Gasteiger partial charge in [-0.3, -0.25) is 9.59 Å². The number of carbonyl (C=O) groups is 2. The van der Waals surface area contributed by atoms with Crippen LogP contribution in [0.4, 0.5) is 4.39 Å². The van der Waals surface area contributed by atoms with Crippen LogP contribution in [0, 0.1) is 5.82 Å². The first-order chi connectivity index (χ1) is 9.08. The minimum atomic E-state index is -0.438. The lowest BCUT2D eigenvalue weighted by molar-refractivity contribution is -0.127. The standard InChI is InChI=1S/C14H16FNO2S/c1-10(17)11-4-5-13(12(15)8-11)19-9-14(18)16-6-2-3-7-16/h4-5,8H,2-3,6-7,9H2,1H3. The van der Waals surface area contributed by atoms with Gasteiger partial charge < -0.3 is 4.90 Å². The molecule has 0 N–H and O–H groups in total. The zero-order valence-electron chi connectivity index (χ0n) is 10.8. The SMILES string of the molecule is CC(=O)c1ccc(SCC(=O)N2CCCC2)c(F)c1. The summed E-state index contributed by atoms with van der Waals surface area (Å²) in [4.78, 5) is 25.2. The van der Waals surface area contributed by atoms with Gasteiger partial charge in [-0.1, -0.05) is 6.07 Å². The molecule has 2 rings (SSSR count). The number of halogens is 1. The number of hydrogen-bond donors (Lipinski definition) is 0. The van der Waals surface area contributed by atoms with E-state index in [9.17, 15) is 14.0 Å². The maximum Gasteiger partial charge on any atom is 0.232 e. The Labute approximate surface area is 116 Å². The van der Waals surface area contributed by atoms with E-state index < -0.39 is 5.82 Å². The number of likely N-dealkylation sites (tertiary alicyclic amines) is 1. The summed E-state index contributed by atoms with van der Waals surface area (Å²) in [5.41, 5.74) is 0.354. The molecule has 1 heterocycles. The van der Waals surface area contributed by atoms with E-state index in [0.717, 1.165) is 25.9 Å². The zero-order chi connectivity index (χ0) is 13.8. The van der Waals surface area contributed by atoms with E-state index in [-0.39, 0.29) is 17.4 Å². The first-order valence-electron chi connectivity index (χ1n) is 6.29. The highest BCUT2D eigenvalue weighted by atomic mass is 32.2. The fraction of sp³-hybridized carbons (Fsp3) is 0.429. The van der Waals surface area contributed by atoms with Crippen molar-refractivity contribution in [2.24, 2.45) is 0 Å². The van der Waals surface area contributed by atoms with Crippen LogP contribution in [0.25, 0.3) is 0 Å². The Balaban J connectivity index is 1.95. The molecule has 0 aliphatic carbocycles. The third kappa shape index (κ3) is 3.56. The Bertz CT molecular complexity index is 498. The average molecular weight is 281 g/mol. The van der Waals surface area contributed by atoms with E-state index in [1.165, 1.54) is 24.8 Å². The van der Waals surface area contributed by atoms with Gasteiger partial charge in [0.05, 0.1) is 5.75 Å². The van der Waals surface area contributed by atoms with Crippen LogP contribution in [0.5, 0.6) is 0 Å². The molecule has 5 heteroatoms. The van der Waals surface area contributed by atoms with Crippen molar-refractivity contribution in [3.63, 3.8) is 0 Å². The number of hydrogen-bond acceptors (Lipinski definition) is 3. The second-order valence-corrected chi connectivity index (χ2v) is 5.60. The molecule has 0 unspecified atom stereocenters. The molecular formula is C14H16FNO2S. The molecule has 1 amide bonds. The van der Waals surface area contributed by atoms with Crippen molar-refractivity contribution in [3.05, 3.63) is 29.6 Å². The zero-order valence-corrected chi connectivity index (χ0v) is 11.6. The monoisotopic (exact) mass is 281 g/mol. The number of carbonyl (C=O) groups excluding carboxylic acids is 2. The van der Waals surface area contributed by atoms with Crippen molar-refractivity contribution in [1.29, 1.82) is 0 Å². The summed E-state index contributed by atoms with van der Waals surface area (Å²) in [7, 11) is 0. The Kier molecular flexibility index (Phi) is 4.58. The highest BCUT2D eigenvalue weighted by Gasteiger charge is 2.18. The van der Waals surface area contributed by atoms with E-state index in [1.807, 2.05) is 4.90 Å². The van der Waals surface area contributed by atoms with Gasteiger partial charge in [-0.15, -0.1) is 11.8 Å². The predicted octanol–water partition coefficient (Wildman–Crippen LogP) is 2.74. The van der Waals surface area contributed by atoms with Crippen molar-refractivity contribution in [1.82, 2.24) is 4.90 Å². The van der Waals surface area contributed by atoms with Crippen molar-refractivity contribution < 1.29 is 14.0 Å². The van der Waals surface area contributed by atoms with Crippen molar-refractivity contribution in [2.75, 3.05) is 18.8 Å².